The molecule has 4 aromatic carbocycles. The van der Waals surface area contributed by atoms with Crippen molar-refractivity contribution < 1.29 is 114 Å². The molecule has 39 heteroatoms. The van der Waals surface area contributed by atoms with Crippen LogP contribution in [0.3, 0.4) is 0 Å². The number of halogens is 3. The lowest BCUT2D eigenvalue weighted by molar-refractivity contribution is -0.152. The number of amides is 15. The van der Waals surface area contributed by atoms with Crippen LogP contribution in [-0.4, -0.2) is 220 Å². The highest BCUT2D eigenvalue weighted by Crippen LogP contribution is 2.67. The Balaban J connectivity index is 0.000000200. The van der Waals surface area contributed by atoms with E-state index in [-0.39, 0.29) is 97.0 Å². The number of hydrogen-bond donors (Lipinski definition) is 12. The van der Waals surface area contributed by atoms with Crippen molar-refractivity contribution >= 4 is 107 Å². The second-order valence-corrected chi connectivity index (χ2v) is 47.2. The standard InChI is InChI=1S/C38H52F3N5O7.C38H49N5O7.C35H49N5O7/c1-7-19-42-32(49)29(47)25(17-18-38(39,40)41)43-31(48)28-26-24(37(26,5)6)20-46(28)33(50)30(36(2,3)4)45-35(52)44-27(23-15-11-12-16-23)34(51)53-21-22-13-9-8-10-14-22;1-37(2,3)31(42-36(49)41-28(24-17-10-7-11-18-24)35(48)50-21-23-13-8-6-9-14-23)34(47)43-20-25-27(38(25,4)5)29(43)33(46)40-26(30(44)32(39)45)19-22-15-12-16-22;1-33(2,3)27(38-32(46)39-35(15-9-10-16-35)31(45)47-19-21-11-7-6-8-12-21)30(44)40-18-22-24(34(22,4)5)25(40)29(43)37-23(17-20-13-14-20)26(41)28(36)42/h7-10,13-14,23-28,30H,1,11-12,15-21H2,2-6H3,(H,42,49)(H,43,48)(H2,44,45,52);6-11,13-14,17-18,22,25-29,31H,12,15-16,19-21H2,1-5H3,(H2,39,45)(H,40,46)(H2,41,42,49);6-8,11-12,20,22-25,27H,9-10,13-19H2,1-5H3,(H2,36,42)(H,37,43)(H2,38,39,46)/t24-,25?,26-,27-,28-,30+;25-,26?,27-,28+,29-,31+;22-,23?,24-,25-,27+/m000/s1. The summed E-state index contributed by atoms with van der Waals surface area (Å²) in [6, 6.07) is 21.7. The maximum atomic E-state index is 14.4. The molecule has 10 aliphatic rings. The predicted octanol–water partition coefficient (Wildman–Crippen LogP) is 10.2. The molecule has 3 unspecified atom stereocenters. The molecule has 0 spiro atoms. The van der Waals surface area contributed by atoms with Gasteiger partial charge in [0.15, 0.2) is 6.04 Å². The maximum absolute atomic E-state index is 14.4. The van der Waals surface area contributed by atoms with Gasteiger partial charge < -0.3 is 93.5 Å². The molecule has 14 rings (SSSR count). The summed E-state index contributed by atoms with van der Waals surface area (Å²) in [4.78, 5) is 244. The van der Waals surface area contributed by atoms with E-state index < -0.39 is 219 Å². The Kier molecular flexibility index (Phi) is 36.7. The lowest BCUT2D eigenvalue weighted by Crippen LogP contribution is -2.63. The number of carbonyl (C=O) groups excluding carboxylic acids is 18. The van der Waals surface area contributed by atoms with Crippen LogP contribution in [0.1, 0.15) is 241 Å². The largest absolute Gasteiger partial charge is 0.459 e. The summed E-state index contributed by atoms with van der Waals surface area (Å²) in [5.74, 6) is -12.0. The second kappa shape index (κ2) is 47.6. The van der Waals surface area contributed by atoms with E-state index in [2.05, 4.69) is 59.7 Å². The Morgan fingerprint density at radius 2 is 0.787 bits per heavy atom. The normalized spacial score (nSPS) is 23.3. The number of alkyl halides is 3. The van der Waals surface area contributed by atoms with Crippen LogP contribution in [0.2, 0.25) is 0 Å². The molecule has 3 saturated heterocycles. The number of urea groups is 3. The number of ketones is 3. The Hall–Kier alpha value is -13.1. The summed E-state index contributed by atoms with van der Waals surface area (Å²) in [5, 5.41) is 26.8. The van der Waals surface area contributed by atoms with Crippen LogP contribution < -0.4 is 64.6 Å². The highest BCUT2D eigenvalue weighted by molar-refractivity contribution is 6.39. The van der Waals surface area contributed by atoms with E-state index in [0.29, 0.717) is 57.2 Å². The second-order valence-electron chi connectivity index (χ2n) is 47.2. The number of rotatable bonds is 40. The minimum Gasteiger partial charge on any atom is -0.459 e. The molecule has 10 fully saturated rings. The third-order valence-electron chi connectivity index (χ3n) is 32.2. The van der Waals surface area contributed by atoms with Crippen LogP contribution in [0.15, 0.2) is 134 Å². The van der Waals surface area contributed by atoms with Crippen molar-refractivity contribution in [3.05, 3.63) is 156 Å². The van der Waals surface area contributed by atoms with Crippen molar-refractivity contribution in [1.29, 1.82) is 0 Å². The molecule has 17 atom stereocenters. The average molecular weight is 2090 g/mol. The summed E-state index contributed by atoms with van der Waals surface area (Å²) in [6.45, 7) is 32.2. The van der Waals surface area contributed by atoms with Crippen LogP contribution in [0, 0.1) is 85.8 Å². The number of fused-ring (bicyclic) bond motifs is 3. The number of likely N-dealkylation sites (tertiary alicyclic amines) is 3. The molecule has 0 bridgehead atoms. The summed E-state index contributed by atoms with van der Waals surface area (Å²) in [6.07, 6.45) is 5.12. The molecule has 4 aromatic rings. The predicted molar refractivity (Wildman–Crippen MR) is 545 cm³/mol. The molecule has 7 aliphatic carbocycles. The van der Waals surface area contributed by atoms with E-state index >= 15 is 0 Å². The zero-order valence-electron chi connectivity index (χ0n) is 88.6. The van der Waals surface area contributed by atoms with Gasteiger partial charge in [-0.1, -0.05) is 289 Å². The SMILES string of the molecule is C=CCNC(=O)C(=O)C(CCC(F)(F)F)NC(=O)[C@@H]1[C@@H]2[C@H](CN1C(=O)[C@@H](NC(=O)N[C@H](C(=O)OCc1ccccc1)C1CCCC1)C(C)(C)C)C2(C)C.CC(C)(C)[C@H](NC(=O)NC1(C(=O)OCc2ccccc2)CCCC1)C(=O)N1C[C@H]2[C@@H]([C@H]1C(=O)NC(CC1CC1)C(=O)C(N)=O)C2(C)C.CC(C)(C)[C@H](NC(=O)N[C@@H](C(=O)OCc1ccccc1)c1ccccc1)C(=O)N1C[C@H]2[C@@H]([C@H]1C(=O)NC(CC1CCC1)C(=O)C(N)=O)C2(C)C. The molecule has 0 radical (unpaired) electrons. The Morgan fingerprint density at radius 3 is 1.15 bits per heavy atom. The van der Waals surface area contributed by atoms with Crippen LogP contribution in [-0.2, 0) is 106 Å². The number of nitrogens with zero attached hydrogens (tertiary/aromatic N) is 3. The highest BCUT2D eigenvalue weighted by atomic mass is 19.4. The fourth-order valence-electron chi connectivity index (χ4n) is 22.6. The smallest absolute Gasteiger partial charge is 0.389 e. The van der Waals surface area contributed by atoms with Crippen LogP contribution in [0.5, 0.6) is 0 Å². The van der Waals surface area contributed by atoms with Crippen molar-refractivity contribution in [3.8, 4) is 0 Å². The quantitative estimate of drug-likeness (QED) is 0.00852. The lowest BCUT2D eigenvalue weighted by Gasteiger charge is -2.38. The Labute approximate surface area is 874 Å². The summed E-state index contributed by atoms with van der Waals surface area (Å²) in [7, 11) is 0. The third kappa shape index (κ3) is 28.4. The minimum atomic E-state index is -4.67. The number of esters is 3. The molecule has 816 valence electrons. The Morgan fingerprint density at radius 1 is 0.427 bits per heavy atom. The molecule has 150 heavy (non-hydrogen) atoms. The molecule has 3 heterocycles. The van der Waals surface area contributed by atoms with Gasteiger partial charge >= 0.3 is 42.2 Å². The van der Waals surface area contributed by atoms with Gasteiger partial charge in [0.1, 0.15) is 67.7 Å². The molecule has 14 N–H and O–H groups in total. The van der Waals surface area contributed by atoms with Gasteiger partial charge in [0, 0.05) is 32.6 Å². The molecule has 3 aliphatic heterocycles. The number of ether oxygens (including phenoxy) is 3. The highest BCUT2D eigenvalue weighted by Gasteiger charge is 2.73. The first-order valence-corrected chi connectivity index (χ1v) is 52.3. The monoisotopic (exact) mass is 2090 g/mol. The van der Waals surface area contributed by atoms with Gasteiger partial charge in [-0.15, -0.1) is 6.58 Å². The fourth-order valence-corrected chi connectivity index (χ4v) is 22.6. The van der Waals surface area contributed by atoms with Gasteiger partial charge in [-0.05, 0) is 153 Å². The first kappa shape index (κ1) is 116. The number of benzene rings is 4. The summed E-state index contributed by atoms with van der Waals surface area (Å²) >= 11 is 0. The minimum absolute atomic E-state index is 0.0129. The third-order valence-corrected chi connectivity index (χ3v) is 32.2. The lowest BCUT2D eigenvalue weighted by atomic mass is 9.80. The number of carbonyl (C=O) groups is 18. The van der Waals surface area contributed by atoms with Crippen molar-refractivity contribution in [1.82, 2.24) is 67.9 Å². The average Bonchev–Trinajstić information content (AvgIpc) is 1.53. The zero-order valence-corrected chi connectivity index (χ0v) is 88.6. The molecular formula is C111H150F3N15O21. The molecule has 0 aromatic heterocycles. The topological polar surface area (TPSA) is 517 Å². The molecule has 36 nitrogen and oxygen atoms in total. The number of nitrogens with one attached hydrogen (secondary N) is 10. The summed E-state index contributed by atoms with van der Waals surface area (Å²) < 4.78 is 56.5. The van der Waals surface area contributed by atoms with E-state index in [4.69, 9.17) is 25.7 Å². The van der Waals surface area contributed by atoms with Gasteiger partial charge in [0.05, 0.1) is 18.1 Å². The first-order valence-electron chi connectivity index (χ1n) is 52.3. The number of nitrogens with two attached hydrogens (primary N) is 2. The van der Waals surface area contributed by atoms with E-state index in [1.807, 2.05) is 153 Å². The zero-order chi connectivity index (χ0) is 110. The van der Waals surface area contributed by atoms with Crippen molar-refractivity contribution in [2.45, 2.75) is 311 Å². The number of primary amides is 2. The van der Waals surface area contributed by atoms with Gasteiger partial charge in [0.25, 0.3) is 17.7 Å². The molecular weight excluding hydrogens is 1940 g/mol. The van der Waals surface area contributed by atoms with Crippen LogP contribution in [0.25, 0.3) is 0 Å². The van der Waals surface area contributed by atoms with Gasteiger partial charge in [-0.2, -0.15) is 13.2 Å². The van der Waals surface area contributed by atoms with Crippen molar-refractivity contribution in [2.24, 2.45) is 97.2 Å². The molecule has 7 saturated carbocycles. The van der Waals surface area contributed by atoms with Crippen LogP contribution in [0.4, 0.5) is 27.6 Å². The number of piperidine rings is 3. The summed E-state index contributed by atoms with van der Waals surface area (Å²) in [5.41, 5.74) is 9.05. The van der Waals surface area contributed by atoms with E-state index in [0.717, 1.165) is 74.5 Å². The number of hydrogen-bond acceptors (Lipinski definition) is 21. The number of Topliss-reactive ketones (excluding diaryl/α,β-unsaturated/α-hetero) is 3. The van der Waals surface area contributed by atoms with Gasteiger partial charge in [-0.3, -0.25) is 57.5 Å². The Bertz CT molecular complexity index is 5630. The first-order chi connectivity index (χ1) is 70.4. The van der Waals surface area contributed by atoms with Crippen molar-refractivity contribution in [2.75, 3.05) is 26.2 Å². The molecule has 15 amide bonds. The van der Waals surface area contributed by atoms with E-state index in [1.54, 1.807) is 71.9 Å². The maximum Gasteiger partial charge on any atom is 0.389 e. The van der Waals surface area contributed by atoms with Crippen LogP contribution >= 0.6 is 0 Å². The van der Waals surface area contributed by atoms with Crippen molar-refractivity contribution in [3.63, 3.8) is 0 Å². The van der Waals surface area contributed by atoms with E-state index in [9.17, 15) is 99.5 Å². The van der Waals surface area contributed by atoms with E-state index in [1.165, 1.54) is 20.8 Å². The van der Waals surface area contributed by atoms with Gasteiger partial charge in [-0.25, -0.2) is 28.8 Å². The van der Waals surface area contributed by atoms with Gasteiger partial charge in [0.2, 0.25) is 52.8 Å². The fraction of sp³-hybridized carbons (Fsp3) is 0.604.